The van der Waals surface area contributed by atoms with E-state index in [9.17, 15) is 12.8 Å². The third-order valence-corrected chi connectivity index (χ3v) is 7.18. The van der Waals surface area contributed by atoms with Crippen LogP contribution in [0.15, 0.2) is 82.6 Å². The molecule has 1 unspecified atom stereocenters. The van der Waals surface area contributed by atoms with Crippen molar-refractivity contribution in [3.05, 3.63) is 95.5 Å². The van der Waals surface area contributed by atoms with Gasteiger partial charge in [-0.1, -0.05) is 48.5 Å². The minimum absolute atomic E-state index is 0.307. The average molecular weight is 449 g/mol. The van der Waals surface area contributed by atoms with E-state index < -0.39 is 16.1 Å². The molecular formula is C25H21FN2O3S. The standard InChI is InChI=1S/C25H21FN2O3S/c26-21-9-4-8-19(16-21)20-11-12-24-22(17-20)27-25(31-24)23-10-5-14-28(23)32(29,30)15-13-18-6-2-1-3-7-18/h1-4,6-9,11-13,15-17,23H,5,10,14H2/b15-13+. The van der Waals surface area contributed by atoms with Crippen LogP contribution in [0.1, 0.15) is 30.3 Å². The maximum absolute atomic E-state index is 13.6. The Kier molecular flexibility index (Phi) is 5.36. The number of sulfonamides is 1. The third-order valence-electron chi connectivity index (χ3n) is 5.61. The zero-order valence-corrected chi connectivity index (χ0v) is 18.0. The predicted octanol–water partition coefficient (Wildman–Crippen LogP) is 5.77. The van der Waals surface area contributed by atoms with Crippen LogP contribution >= 0.6 is 0 Å². The summed E-state index contributed by atoms with van der Waals surface area (Å²) in [5.41, 5.74) is 3.57. The van der Waals surface area contributed by atoms with Crippen molar-refractivity contribution < 1.29 is 17.2 Å². The summed E-state index contributed by atoms with van der Waals surface area (Å²) in [5.74, 6) is 0.0735. The first-order valence-electron chi connectivity index (χ1n) is 10.4. The molecule has 1 aliphatic rings. The van der Waals surface area contributed by atoms with Crippen molar-refractivity contribution in [2.75, 3.05) is 6.54 Å². The SMILES string of the molecule is O=S(=O)(/C=C/c1ccccc1)N1CCCC1c1nc2cc(-c3cccc(F)c3)ccc2o1. The van der Waals surface area contributed by atoms with E-state index in [2.05, 4.69) is 4.98 Å². The summed E-state index contributed by atoms with van der Waals surface area (Å²) in [6.07, 6.45) is 2.97. The maximum Gasteiger partial charge on any atom is 0.236 e. The fraction of sp³-hybridized carbons (Fsp3) is 0.160. The molecule has 1 atom stereocenters. The van der Waals surface area contributed by atoms with Crippen LogP contribution in [0.3, 0.4) is 0 Å². The molecule has 162 valence electrons. The van der Waals surface area contributed by atoms with Crippen LogP contribution in [-0.4, -0.2) is 24.3 Å². The van der Waals surface area contributed by atoms with Crippen molar-refractivity contribution >= 4 is 27.2 Å². The quantitative estimate of drug-likeness (QED) is 0.389. The van der Waals surface area contributed by atoms with Crippen molar-refractivity contribution in [2.24, 2.45) is 0 Å². The fourth-order valence-electron chi connectivity index (χ4n) is 4.03. The van der Waals surface area contributed by atoms with Crippen LogP contribution in [0.2, 0.25) is 0 Å². The number of nitrogens with zero attached hydrogens (tertiary/aromatic N) is 2. The Bertz CT molecular complexity index is 1400. The first kappa shape index (κ1) is 20.6. The van der Waals surface area contributed by atoms with Crippen molar-refractivity contribution in [1.29, 1.82) is 0 Å². The molecule has 3 aromatic carbocycles. The second-order valence-electron chi connectivity index (χ2n) is 7.77. The van der Waals surface area contributed by atoms with Gasteiger partial charge in [-0.15, -0.1) is 0 Å². The van der Waals surface area contributed by atoms with Crippen LogP contribution in [0.25, 0.3) is 28.3 Å². The summed E-state index contributed by atoms with van der Waals surface area (Å²) in [7, 11) is -3.64. The predicted molar refractivity (Wildman–Crippen MR) is 122 cm³/mol. The molecule has 5 rings (SSSR count). The molecular weight excluding hydrogens is 427 g/mol. The molecule has 0 saturated carbocycles. The Morgan fingerprint density at radius 1 is 1.00 bits per heavy atom. The van der Waals surface area contributed by atoms with Gasteiger partial charge in [0.2, 0.25) is 15.9 Å². The highest BCUT2D eigenvalue weighted by molar-refractivity contribution is 7.92. The lowest BCUT2D eigenvalue weighted by Gasteiger charge is -2.19. The average Bonchev–Trinajstić information content (AvgIpc) is 3.45. The molecule has 1 aromatic heterocycles. The number of halogens is 1. The summed E-state index contributed by atoms with van der Waals surface area (Å²) in [6.45, 7) is 0.416. The molecule has 1 saturated heterocycles. The van der Waals surface area contributed by atoms with Crippen molar-refractivity contribution in [1.82, 2.24) is 9.29 Å². The smallest absolute Gasteiger partial charge is 0.236 e. The van der Waals surface area contributed by atoms with Crippen molar-refractivity contribution in [3.8, 4) is 11.1 Å². The zero-order chi connectivity index (χ0) is 22.1. The molecule has 0 N–H and O–H groups in total. The van der Waals surface area contributed by atoms with Gasteiger partial charge in [-0.25, -0.2) is 17.8 Å². The van der Waals surface area contributed by atoms with Gasteiger partial charge < -0.3 is 4.42 Å². The molecule has 2 heterocycles. The van der Waals surface area contributed by atoms with E-state index in [0.29, 0.717) is 30.0 Å². The van der Waals surface area contributed by atoms with E-state index in [1.807, 2.05) is 48.5 Å². The van der Waals surface area contributed by atoms with Gasteiger partial charge >= 0.3 is 0 Å². The first-order valence-corrected chi connectivity index (χ1v) is 11.9. The van der Waals surface area contributed by atoms with Gasteiger partial charge in [-0.2, -0.15) is 4.31 Å². The topological polar surface area (TPSA) is 63.4 Å². The van der Waals surface area contributed by atoms with Crippen LogP contribution in [-0.2, 0) is 10.0 Å². The van der Waals surface area contributed by atoms with Gasteiger partial charge in [0.1, 0.15) is 17.4 Å². The van der Waals surface area contributed by atoms with E-state index >= 15 is 0 Å². The number of hydrogen-bond acceptors (Lipinski definition) is 4. The Balaban J connectivity index is 1.44. The number of oxazole rings is 1. The van der Waals surface area contributed by atoms with Crippen molar-refractivity contribution in [3.63, 3.8) is 0 Å². The highest BCUT2D eigenvalue weighted by atomic mass is 32.2. The van der Waals surface area contributed by atoms with Crippen LogP contribution in [0.4, 0.5) is 4.39 Å². The summed E-state index contributed by atoms with van der Waals surface area (Å²) in [5, 5.41) is 1.24. The lowest BCUT2D eigenvalue weighted by atomic mass is 10.1. The Morgan fingerprint density at radius 3 is 2.62 bits per heavy atom. The molecule has 0 aliphatic carbocycles. The largest absolute Gasteiger partial charge is 0.439 e. The Labute approximate surface area is 185 Å². The molecule has 1 fully saturated rings. The molecule has 0 radical (unpaired) electrons. The second-order valence-corrected chi connectivity index (χ2v) is 9.54. The highest BCUT2D eigenvalue weighted by Crippen LogP contribution is 2.36. The van der Waals surface area contributed by atoms with Crippen LogP contribution in [0.5, 0.6) is 0 Å². The summed E-state index contributed by atoms with van der Waals surface area (Å²) in [4.78, 5) is 4.59. The molecule has 5 nitrogen and oxygen atoms in total. The number of rotatable bonds is 5. The van der Waals surface area contributed by atoms with Gasteiger partial charge in [0.25, 0.3) is 0 Å². The van der Waals surface area contributed by atoms with E-state index in [1.165, 1.54) is 21.8 Å². The van der Waals surface area contributed by atoms with E-state index in [-0.39, 0.29) is 5.82 Å². The van der Waals surface area contributed by atoms with E-state index in [1.54, 1.807) is 18.2 Å². The van der Waals surface area contributed by atoms with Gasteiger partial charge in [-0.3, -0.25) is 0 Å². The first-order chi connectivity index (χ1) is 15.5. The minimum atomic E-state index is -3.64. The minimum Gasteiger partial charge on any atom is -0.439 e. The fourth-order valence-corrected chi connectivity index (χ4v) is 5.45. The maximum atomic E-state index is 13.6. The molecule has 32 heavy (non-hydrogen) atoms. The van der Waals surface area contributed by atoms with Gasteiger partial charge in [0.05, 0.1) is 0 Å². The summed E-state index contributed by atoms with van der Waals surface area (Å²) >= 11 is 0. The van der Waals surface area contributed by atoms with E-state index in [4.69, 9.17) is 4.42 Å². The monoisotopic (exact) mass is 448 g/mol. The number of fused-ring (bicyclic) bond motifs is 1. The van der Waals surface area contributed by atoms with Gasteiger partial charge in [0.15, 0.2) is 5.58 Å². The molecule has 0 bridgehead atoms. The Hall–Kier alpha value is -3.29. The normalized spacial score (nSPS) is 17.5. The molecule has 7 heteroatoms. The lowest BCUT2D eigenvalue weighted by Crippen LogP contribution is -2.29. The van der Waals surface area contributed by atoms with Gasteiger partial charge in [0, 0.05) is 12.0 Å². The highest BCUT2D eigenvalue weighted by Gasteiger charge is 2.37. The number of hydrogen-bond donors (Lipinski definition) is 0. The van der Waals surface area contributed by atoms with Crippen LogP contribution in [0, 0.1) is 5.82 Å². The van der Waals surface area contributed by atoms with E-state index in [0.717, 1.165) is 23.1 Å². The lowest BCUT2D eigenvalue weighted by molar-refractivity contribution is 0.340. The zero-order valence-electron chi connectivity index (χ0n) is 17.2. The third kappa shape index (κ3) is 4.09. The molecule has 0 spiro atoms. The second kappa shape index (κ2) is 8.33. The summed E-state index contributed by atoms with van der Waals surface area (Å²) in [6, 6.07) is 20.7. The van der Waals surface area contributed by atoms with Crippen LogP contribution < -0.4 is 0 Å². The number of aromatic nitrogens is 1. The van der Waals surface area contributed by atoms with Crippen molar-refractivity contribution in [2.45, 2.75) is 18.9 Å². The molecule has 1 aliphatic heterocycles. The molecule has 0 amide bonds. The number of benzene rings is 3. The summed E-state index contributed by atoms with van der Waals surface area (Å²) < 4.78 is 47.0. The molecule has 4 aromatic rings. The Morgan fingerprint density at radius 2 is 1.81 bits per heavy atom. The van der Waals surface area contributed by atoms with Gasteiger partial charge in [-0.05, 0) is 59.9 Å².